The van der Waals surface area contributed by atoms with Crippen LogP contribution in [0.2, 0.25) is 0 Å². The van der Waals surface area contributed by atoms with Crippen molar-refractivity contribution in [2.45, 2.75) is 42.9 Å². The van der Waals surface area contributed by atoms with Crippen molar-refractivity contribution in [3.8, 4) is 5.75 Å². The van der Waals surface area contributed by atoms with Crippen molar-refractivity contribution < 1.29 is 27.8 Å². The summed E-state index contributed by atoms with van der Waals surface area (Å²) in [6.07, 6.45) is 0.350. The first-order chi connectivity index (χ1) is 11.6. The summed E-state index contributed by atoms with van der Waals surface area (Å²) in [5.74, 6) is 0.117. The molecule has 0 aromatic heterocycles. The van der Waals surface area contributed by atoms with Gasteiger partial charge in [0, 0.05) is 14.2 Å². The molecule has 3 atom stereocenters. The number of benzene rings is 1. The van der Waals surface area contributed by atoms with E-state index in [0.717, 1.165) is 0 Å². The first-order valence-electron chi connectivity index (χ1n) is 7.88. The monoisotopic (exact) mass is 372 g/mol. The standard InChI is InChI=1S/C16H24N2O6S/c1-10-8-11(25(17,21)22)4-6-13(10)24-9-15(19)18(2)12-5-7-14(23-3)16(12)20/h4,6,8,12,14,16,20H,5,7,9H2,1-3H3,(H2,17,21,22)/t12-,14-,16-/m1/s1. The smallest absolute Gasteiger partial charge is 0.260 e. The highest BCUT2D eigenvalue weighted by atomic mass is 32.2. The Morgan fingerprint density at radius 1 is 1.40 bits per heavy atom. The van der Waals surface area contributed by atoms with E-state index in [1.54, 1.807) is 14.0 Å². The second-order valence-corrected chi connectivity index (χ2v) is 7.74. The normalized spacial score (nSPS) is 23.5. The molecule has 1 saturated carbocycles. The molecule has 0 spiro atoms. The number of carbonyl (C=O) groups is 1. The van der Waals surface area contributed by atoms with Gasteiger partial charge in [-0.3, -0.25) is 4.79 Å². The number of aliphatic hydroxyl groups is 1. The Bertz CT molecular complexity index is 736. The molecule has 0 aliphatic heterocycles. The van der Waals surface area contributed by atoms with Crippen LogP contribution in [0.1, 0.15) is 18.4 Å². The molecule has 9 heteroatoms. The van der Waals surface area contributed by atoms with Gasteiger partial charge in [0.15, 0.2) is 6.61 Å². The van der Waals surface area contributed by atoms with Crippen LogP contribution in [0.25, 0.3) is 0 Å². The van der Waals surface area contributed by atoms with E-state index < -0.39 is 16.1 Å². The summed E-state index contributed by atoms with van der Waals surface area (Å²) in [5.41, 5.74) is 0.558. The summed E-state index contributed by atoms with van der Waals surface area (Å²) in [6.45, 7) is 1.45. The van der Waals surface area contributed by atoms with Crippen molar-refractivity contribution in [2.75, 3.05) is 20.8 Å². The Kier molecular flexibility index (Phi) is 6.04. The average molecular weight is 372 g/mol. The van der Waals surface area contributed by atoms with Crippen molar-refractivity contribution >= 4 is 15.9 Å². The predicted molar refractivity (Wildman–Crippen MR) is 90.6 cm³/mol. The van der Waals surface area contributed by atoms with Crippen molar-refractivity contribution in [1.29, 1.82) is 0 Å². The lowest BCUT2D eigenvalue weighted by Crippen LogP contribution is -2.46. The third kappa shape index (κ3) is 4.49. The van der Waals surface area contributed by atoms with Crippen LogP contribution in [-0.2, 0) is 19.6 Å². The Hall–Kier alpha value is -1.68. The SMILES string of the molecule is CO[C@@H]1CC[C@@H](N(C)C(=O)COc2ccc(S(N)(=O)=O)cc2C)[C@H]1O. The summed E-state index contributed by atoms with van der Waals surface area (Å²) in [5, 5.41) is 15.3. The summed E-state index contributed by atoms with van der Waals surface area (Å²) in [6, 6.07) is 3.87. The Labute approximate surface area is 147 Å². The van der Waals surface area contributed by atoms with E-state index in [2.05, 4.69) is 0 Å². The molecule has 3 N–H and O–H groups in total. The minimum Gasteiger partial charge on any atom is -0.483 e. The molecule has 8 nitrogen and oxygen atoms in total. The van der Waals surface area contributed by atoms with Crippen LogP contribution in [-0.4, -0.2) is 63.3 Å². The summed E-state index contributed by atoms with van der Waals surface area (Å²) in [4.78, 5) is 13.8. The quantitative estimate of drug-likeness (QED) is 0.726. The minimum absolute atomic E-state index is 0.0134. The van der Waals surface area contributed by atoms with E-state index in [1.807, 2.05) is 0 Å². The number of hydrogen-bond donors (Lipinski definition) is 2. The molecule has 0 unspecified atom stereocenters. The topological polar surface area (TPSA) is 119 Å². The summed E-state index contributed by atoms with van der Waals surface area (Å²) in [7, 11) is -0.626. The number of hydrogen-bond acceptors (Lipinski definition) is 6. The number of rotatable bonds is 6. The molecule has 0 radical (unpaired) electrons. The molecular weight excluding hydrogens is 348 g/mol. The lowest BCUT2D eigenvalue weighted by atomic mass is 10.2. The molecule has 1 aliphatic rings. The highest BCUT2D eigenvalue weighted by Crippen LogP contribution is 2.26. The molecule has 0 saturated heterocycles. The number of likely N-dealkylation sites (N-methyl/N-ethyl adjacent to an activating group) is 1. The van der Waals surface area contributed by atoms with Gasteiger partial charge in [0.1, 0.15) is 11.9 Å². The van der Waals surface area contributed by atoms with Crippen LogP contribution in [0, 0.1) is 6.92 Å². The molecule has 2 rings (SSSR count). The van der Waals surface area contributed by atoms with Gasteiger partial charge < -0.3 is 19.5 Å². The Balaban J connectivity index is 1.98. The van der Waals surface area contributed by atoms with Gasteiger partial charge in [0.05, 0.1) is 17.0 Å². The van der Waals surface area contributed by atoms with Crippen molar-refractivity contribution in [2.24, 2.45) is 5.14 Å². The van der Waals surface area contributed by atoms with Crippen LogP contribution in [0.5, 0.6) is 5.75 Å². The summed E-state index contributed by atoms with van der Waals surface area (Å²) < 4.78 is 33.3. The number of carbonyl (C=O) groups excluding carboxylic acids is 1. The fourth-order valence-corrected chi connectivity index (χ4v) is 3.59. The van der Waals surface area contributed by atoms with E-state index in [-0.39, 0.29) is 29.6 Å². The average Bonchev–Trinajstić information content (AvgIpc) is 2.92. The molecule has 1 aromatic carbocycles. The largest absolute Gasteiger partial charge is 0.483 e. The third-order valence-corrected chi connectivity index (χ3v) is 5.45. The number of aryl methyl sites for hydroxylation is 1. The zero-order valence-electron chi connectivity index (χ0n) is 14.5. The number of ether oxygens (including phenoxy) is 2. The molecule has 1 aliphatic carbocycles. The van der Waals surface area contributed by atoms with Crippen LogP contribution in [0.15, 0.2) is 23.1 Å². The van der Waals surface area contributed by atoms with Gasteiger partial charge in [0.25, 0.3) is 5.91 Å². The number of amides is 1. The number of nitrogens with two attached hydrogens (primary N) is 1. The van der Waals surface area contributed by atoms with Crippen LogP contribution >= 0.6 is 0 Å². The van der Waals surface area contributed by atoms with Gasteiger partial charge >= 0.3 is 0 Å². The fourth-order valence-electron chi connectivity index (χ4n) is 2.99. The molecule has 0 bridgehead atoms. The molecule has 1 amide bonds. The van der Waals surface area contributed by atoms with Gasteiger partial charge in [-0.15, -0.1) is 0 Å². The molecule has 25 heavy (non-hydrogen) atoms. The Morgan fingerprint density at radius 3 is 2.60 bits per heavy atom. The molecule has 0 heterocycles. The van der Waals surface area contributed by atoms with E-state index in [1.165, 1.54) is 30.2 Å². The number of primary sulfonamides is 1. The van der Waals surface area contributed by atoms with E-state index in [9.17, 15) is 18.3 Å². The predicted octanol–water partition coefficient (Wildman–Crippen LogP) is 0.0179. The molecule has 1 aromatic rings. The minimum atomic E-state index is -3.78. The van der Waals surface area contributed by atoms with Gasteiger partial charge in [-0.05, 0) is 43.5 Å². The first-order valence-corrected chi connectivity index (χ1v) is 9.42. The maximum Gasteiger partial charge on any atom is 0.260 e. The second-order valence-electron chi connectivity index (χ2n) is 6.18. The van der Waals surface area contributed by atoms with Crippen LogP contribution in [0.3, 0.4) is 0 Å². The highest BCUT2D eigenvalue weighted by molar-refractivity contribution is 7.89. The molecule has 140 valence electrons. The second kappa shape index (κ2) is 7.69. The fraction of sp³-hybridized carbons (Fsp3) is 0.562. The van der Waals surface area contributed by atoms with Crippen LogP contribution in [0.4, 0.5) is 0 Å². The number of nitrogens with zero attached hydrogens (tertiary/aromatic N) is 1. The molecular formula is C16H24N2O6S. The maximum absolute atomic E-state index is 12.3. The Morgan fingerprint density at radius 2 is 2.08 bits per heavy atom. The van der Waals surface area contributed by atoms with E-state index >= 15 is 0 Å². The van der Waals surface area contributed by atoms with E-state index in [0.29, 0.717) is 24.2 Å². The molecule has 1 fully saturated rings. The van der Waals surface area contributed by atoms with Gasteiger partial charge in [-0.2, -0.15) is 0 Å². The van der Waals surface area contributed by atoms with Crippen molar-refractivity contribution in [3.05, 3.63) is 23.8 Å². The first kappa shape index (κ1) is 19.6. The van der Waals surface area contributed by atoms with Gasteiger partial charge in [-0.1, -0.05) is 0 Å². The lowest BCUT2D eigenvalue weighted by Gasteiger charge is -2.28. The number of sulfonamides is 1. The summed E-state index contributed by atoms with van der Waals surface area (Å²) >= 11 is 0. The number of methoxy groups -OCH3 is 1. The maximum atomic E-state index is 12.3. The van der Waals surface area contributed by atoms with Crippen LogP contribution < -0.4 is 9.88 Å². The third-order valence-electron chi connectivity index (χ3n) is 4.54. The van der Waals surface area contributed by atoms with Gasteiger partial charge in [-0.25, -0.2) is 13.6 Å². The zero-order chi connectivity index (χ0) is 18.8. The van der Waals surface area contributed by atoms with Gasteiger partial charge in [0.2, 0.25) is 10.0 Å². The lowest BCUT2D eigenvalue weighted by molar-refractivity contribution is -0.136. The highest BCUT2D eigenvalue weighted by Gasteiger charge is 2.38. The van der Waals surface area contributed by atoms with Crippen molar-refractivity contribution in [1.82, 2.24) is 4.90 Å². The van der Waals surface area contributed by atoms with E-state index in [4.69, 9.17) is 14.6 Å². The van der Waals surface area contributed by atoms with Crippen molar-refractivity contribution in [3.63, 3.8) is 0 Å². The zero-order valence-corrected chi connectivity index (χ0v) is 15.3. The number of aliphatic hydroxyl groups excluding tert-OH is 1.